The second kappa shape index (κ2) is 6.90. The van der Waals surface area contributed by atoms with Crippen LogP contribution in [-0.4, -0.2) is 35.0 Å². The Bertz CT molecular complexity index is 561. The molecule has 0 aromatic heterocycles. The van der Waals surface area contributed by atoms with Gasteiger partial charge in [-0.05, 0) is 30.4 Å². The highest BCUT2D eigenvalue weighted by atomic mass is 19.1. The van der Waals surface area contributed by atoms with Crippen LogP contribution < -0.4 is 0 Å². The summed E-state index contributed by atoms with van der Waals surface area (Å²) < 4.78 is 13.7. The van der Waals surface area contributed by atoms with Crippen LogP contribution in [0.15, 0.2) is 24.3 Å². The Morgan fingerprint density at radius 3 is 2.68 bits per heavy atom. The normalized spacial score (nSPS) is 23.1. The van der Waals surface area contributed by atoms with Crippen molar-refractivity contribution in [2.75, 3.05) is 13.1 Å². The summed E-state index contributed by atoms with van der Waals surface area (Å²) in [4.78, 5) is 25.3. The number of piperidine rings is 1. The Hall–Kier alpha value is -1.91. The average Bonchev–Trinajstić information content (AvgIpc) is 2.48. The first-order valence-corrected chi connectivity index (χ1v) is 7.65. The number of rotatable bonds is 4. The van der Waals surface area contributed by atoms with E-state index < -0.39 is 5.97 Å². The number of likely N-dealkylation sites (tertiary alicyclic amines) is 1. The lowest BCUT2D eigenvalue weighted by atomic mass is 9.86. The average molecular weight is 307 g/mol. The third kappa shape index (κ3) is 3.64. The van der Waals surface area contributed by atoms with Crippen molar-refractivity contribution in [1.29, 1.82) is 0 Å². The fourth-order valence-corrected chi connectivity index (χ4v) is 3.11. The Labute approximate surface area is 129 Å². The number of nitrogens with zero attached hydrogens (tertiary/aromatic N) is 1. The summed E-state index contributed by atoms with van der Waals surface area (Å²) in [5.74, 6) is -1.87. The van der Waals surface area contributed by atoms with Crippen LogP contribution in [-0.2, 0) is 16.0 Å². The summed E-state index contributed by atoms with van der Waals surface area (Å²) >= 11 is 0. The van der Waals surface area contributed by atoms with Crippen molar-refractivity contribution < 1.29 is 19.1 Å². The quantitative estimate of drug-likeness (QED) is 0.930. The van der Waals surface area contributed by atoms with E-state index in [1.807, 2.05) is 6.92 Å². The van der Waals surface area contributed by atoms with Gasteiger partial charge < -0.3 is 10.0 Å². The van der Waals surface area contributed by atoms with Crippen molar-refractivity contribution in [2.24, 2.45) is 17.8 Å². The van der Waals surface area contributed by atoms with Crippen molar-refractivity contribution in [3.63, 3.8) is 0 Å². The SMILES string of the molecule is CC(Cc1ccccc1F)C(=O)N1CCC(C(=O)O)C(C)C1. The Morgan fingerprint density at radius 2 is 2.09 bits per heavy atom. The van der Waals surface area contributed by atoms with Gasteiger partial charge in [0.05, 0.1) is 5.92 Å². The second-order valence-corrected chi connectivity index (χ2v) is 6.19. The fourth-order valence-electron chi connectivity index (χ4n) is 3.11. The van der Waals surface area contributed by atoms with Gasteiger partial charge >= 0.3 is 5.97 Å². The maximum atomic E-state index is 13.7. The minimum atomic E-state index is -0.793. The molecule has 2 rings (SSSR count). The van der Waals surface area contributed by atoms with E-state index in [0.29, 0.717) is 31.5 Å². The first-order chi connectivity index (χ1) is 10.4. The number of carboxylic acid groups (broad SMARTS) is 1. The highest BCUT2D eigenvalue weighted by Gasteiger charge is 2.34. The van der Waals surface area contributed by atoms with E-state index in [-0.39, 0.29) is 29.5 Å². The summed E-state index contributed by atoms with van der Waals surface area (Å²) in [6.07, 6.45) is 0.841. The molecule has 0 spiro atoms. The Morgan fingerprint density at radius 1 is 1.41 bits per heavy atom. The summed E-state index contributed by atoms with van der Waals surface area (Å²) in [5.41, 5.74) is 0.539. The van der Waals surface area contributed by atoms with Crippen LogP contribution in [0.2, 0.25) is 0 Å². The molecular formula is C17H22FNO3. The molecule has 1 amide bonds. The van der Waals surface area contributed by atoms with Crippen LogP contribution in [0.5, 0.6) is 0 Å². The zero-order valence-corrected chi connectivity index (χ0v) is 13.0. The zero-order valence-electron chi connectivity index (χ0n) is 13.0. The van der Waals surface area contributed by atoms with Crippen molar-refractivity contribution in [2.45, 2.75) is 26.7 Å². The lowest BCUT2D eigenvalue weighted by Crippen LogP contribution is -2.47. The van der Waals surface area contributed by atoms with Gasteiger partial charge in [0.1, 0.15) is 5.82 Å². The minimum absolute atomic E-state index is 0.0288. The van der Waals surface area contributed by atoms with Crippen molar-refractivity contribution in [1.82, 2.24) is 4.90 Å². The predicted octanol–water partition coefficient (Wildman–Crippen LogP) is 2.57. The fraction of sp³-hybridized carbons (Fsp3) is 0.529. The lowest BCUT2D eigenvalue weighted by Gasteiger charge is -2.36. The molecule has 1 aromatic rings. The smallest absolute Gasteiger partial charge is 0.306 e. The van der Waals surface area contributed by atoms with E-state index in [1.54, 1.807) is 30.0 Å². The third-order valence-electron chi connectivity index (χ3n) is 4.44. The highest BCUT2D eigenvalue weighted by molar-refractivity contribution is 5.79. The molecule has 1 heterocycles. The van der Waals surface area contributed by atoms with E-state index in [0.717, 1.165) is 0 Å². The number of carboxylic acids is 1. The van der Waals surface area contributed by atoms with Crippen LogP contribution in [0.25, 0.3) is 0 Å². The predicted molar refractivity (Wildman–Crippen MR) is 80.8 cm³/mol. The molecule has 22 heavy (non-hydrogen) atoms. The molecule has 3 atom stereocenters. The summed E-state index contributed by atoms with van der Waals surface area (Å²) in [7, 11) is 0. The number of benzene rings is 1. The molecule has 0 saturated carbocycles. The molecule has 3 unspecified atom stereocenters. The van der Waals surface area contributed by atoms with E-state index >= 15 is 0 Å². The van der Waals surface area contributed by atoms with Gasteiger partial charge in [-0.1, -0.05) is 32.0 Å². The molecule has 1 N–H and O–H groups in total. The third-order valence-corrected chi connectivity index (χ3v) is 4.44. The zero-order chi connectivity index (χ0) is 16.3. The topological polar surface area (TPSA) is 57.6 Å². The molecule has 0 aliphatic carbocycles. The van der Waals surface area contributed by atoms with Gasteiger partial charge in [-0.25, -0.2) is 4.39 Å². The van der Waals surface area contributed by atoms with Crippen molar-refractivity contribution in [3.8, 4) is 0 Å². The van der Waals surface area contributed by atoms with Crippen molar-refractivity contribution in [3.05, 3.63) is 35.6 Å². The van der Waals surface area contributed by atoms with E-state index in [1.165, 1.54) is 6.07 Å². The molecular weight excluding hydrogens is 285 g/mol. The molecule has 1 aliphatic heterocycles. The summed E-state index contributed by atoms with van der Waals surface area (Å²) in [6, 6.07) is 6.48. The number of amides is 1. The standard InChI is InChI=1S/C17H22FNO3/c1-11(9-13-5-3-4-6-15(13)18)16(20)19-8-7-14(17(21)22)12(2)10-19/h3-6,11-12,14H,7-10H2,1-2H3,(H,21,22). The van der Waals surface area contributed by atoms with Gasteiger partial charge in [-0.2, -0.15) is 0 Å². The summed E-state index contributed by atoms with van der Waals surface area (Å²) in [5, 5.41) is 9.12. The number of aliphatic carboxylic acids is 1. The molecule has 4 nitrogen and oxygen atoms in total. The minimum Gasteiger partial charge on any atom is -0.481 e. The number of carbonyl (C=O) groups is 2. The van der Waals surface area contributed by atoms with Gasteiger partial charge in [0, 0.05) is 19.0 Å². The van der Waals surface area contributed by atoms with E-state index in [9.17, 15) is 14.0 Å². The number of hydrogen-bond acceptors (Lipinski definition) is 2. The Kier molecular flexibility index (Phi) is 5.16. The highest BCUT2D eigenvalue weighted by Crippen LogP contribution is 2.25. The molecule has 0 radical (unpaired) electrons. The van der Waals surface area contributed by atoms with E-state index in [4.69, 9.17) is 5.11 Å². The number of halogens is 1. The van der Waals surface area contributed by atoms with Gasteiger partial charge in [0.15, 0.2) is 0 Å². The monoisotopic (exact) mass is 307 g/mol. The maximum absolute atomic E-state index is 13.7. The molecule has 0 bridgehead atoms. The first-order valence-electron chi connectivity index (χ1n) is 7.65. The van der Waals surface area contributed by atoms with Gasteiger partial charge in [-0.3, -0.25) is 9.59 Å². The lowest BCUT2D eigenvalue weighted by molar-refractivity contribution is -0.149. The van der Waals surface area contributed by atoms with Crippen LogP contribution in [0.3, 0.4) is 0 Å². The largest absolute Gasteiger partial charge is 0.481 e. The molecule has 1 aliphatic rings. The maximum Gasteiger partial charge on any atom is 0.306 e. The molecule has 1 aromatic carbocycles. The van der Waals surface area contributed by atoms with Crippen LogP contribution in [0.1, 0.15) is 25.8 Å². The number of carbonyl (C=O) groups excluding carboxylic acids is 1. The second-order valence-electron chi connectivity index (χ2n) is 6.19. The van der Waals surface area contributed by atoms with Gasteiger partial charge in [-0.15, -0.1) is 0 Å². The molecule has 5 heteroatoms. The van der Waals surface area contributed by atoms with Crippen LogP contribution >= 0.6 is 0 Å². The van der Waals surface area contributed by atoms with Crippen LogP contribution in [0, 0.1) is 23.6 Å². The Balaban J connectivity index is 1.97. The summed E-state index contributed by atoms with van der Waals surface area (Å²) in [6.45, 7) is 4.57. The molecule has 1 fully saturated rings. The van der Waals surface area contributed by atoms with Gasteiger partial charge in [0.2, 0.25) is 5.91 Å². The first kappa shape index (κ1) is 16.5. The van der Waals surface area contributed by atoms with E-state index in [2.05, 4.69) is 0 Å². The molecule has 120 valence electrons. The van der Waals surface area contributed by atoms with Gasteiger partial charge in [0.25, 0.3) is 0 Å². The number of hydrogen-bond donors (Lipinski definition) is 1. The van der Waals surface area contributed by atoms with Crippen molar-refractivity contribution >= 4 is 11.9 Å². The molecule has 1 saturated heterocycles. The van der Waals surface area contributed by atoms with Crippen LogP contribution in [0.4, 0.5) is 4.39 Å².